The molecule has 3 aromatic rings. The molecular weight excluding hydrogens is 382 g/mol. The minimum atomic E-state index is -0.992. The molecule has 4 nitrogen and oxygen atoms in total. The molecule has 0 bridgehead atoms. The minimum absolute atomic E-state index is 0.0692. The summed E-state index contributed by atoms with van der Waals surface area (Å²) < 4.78 is 0.877. The molecule has 0 radical (unpaired) electrons. The number of carboxylic acid groups (broad SMARTS) is 1. The number of aryl methyl sites for hydroxylation is 1. The molecule has 1 atom stereocenters. The predicted molar refractivity (Wildman–Crippen MR) is 101 cm³/mol. The minimum Gasteiger partial charge on any atom is -0.481 e. The number of carbonyl (C=O) groups is 2. The zero-order valence-electron chi connectivity index (χ0n) is 13.8. The number of ketones is 1. The molecule has 5 heteroatoms. The smallest absolute Gasteiger partial charge is 0.311 e. The number of rotatable bonds is 6. The molecule has 3 rings (SSSR count). The third-order valence-electron chi connectivity index (χ3n) is 4.44. The van der Waals surface area contributed by atoms with Gasteiger partial charge in [0.25, 0.3) is 0 Å². The number of carbonyl (C=O) groups excluding carboxylic acids is 1. The van der Waals surface area contributed by atoms with Crippen LogP contribution in [0.4, 0.5) is 0 Å². The number of aliphatic carboxylic acids is 1. The van der Waals surface area contributed by atoms with Gasteiger partial charge in [-0.3, -0.25) is 9.59 Å². The van der Waals surface area contributed by atoms with Gasteiger partial charge in [-0.15, -0.1) is 0 Å². The summed E-state index contributed by atoms with van der Waals surface area (Å²) in [5, 5.41) is 10.6. The summed E-state index contributed by atoms with van der Waals surface area (Å²) in [4.78, 5) is 27.6. The van der Waals surface area contributed by atoms with Gasteiger partial charge in [-0.2, -0.15) is 0 Å². The molecule has 0 fully saturated rings. The van der Waals surface area contributed by atoms with E-state index in [4.69, 9.17) is 0 Å². The molecule has 0 amide bonds. The Hall–Kier alpha value is -2.40. The van der Waals surface area contributed by atoms with Crippen molar-refractivity contribution in [3.05, 3.63) is 69.8 Å². The summed E-state index contributed by atoms with van der Waals surface area (Å²) in [5.74, 6) is -2.05. The molecule has 2 aromatic carbocycles. The van der Waals surface area contributed by atoms with Crippen LogP contribution in [-0.2, 0) is 11.2 Å². The first-order valence-corrected chi connectivity index (χ1v) is 8.91. The number of hydrogen-bond donors (Lipinski definition) is 2. The van der Waals surface area contributed by atoms with E-state index < -0.39 is 11.9 Å². The van der Waals surface area contributed by atoms with Gasteiger partial charge in [0.2, 0.25) is 0 Å². The van der Waals surface area contributed by atoms with E-state index in [1.54, 1.807) is 30.5 Å². The van der Waals surface area contributed by atoms with Gasteiger partial charge < -0.3 is 10.1 Å². The zero-order chi connectivity index (χ0) is 18.0. The van der Waals surface area contributed by atoms with Crippen molar-refractivity contribution in [3.8, 4) is 0 Å². The predicted octanol–water partition coefficient (Wildman–Crippen LogP) is 4.93. The van der Waals surface area contributed by atoms with Crippen molar-refractivity contribution in [1.29, 1.82) is 0 Å². The highest BCUT2D eigenvalue weighted by molar-refractivity contribution is 9.10. The van der Waals surface area contributed by atoms with Gasteiger partial charge in [-0.05, 0) is 29.7 Å². The van der Waals surface area contributed by atoms with Crippen LogP contribution >= 0.6 is 15.9 Å². The molecule has 0 spiro atoms. The molecule has 1 unspecified atom stereocenters. The van der Waals surface area contributed by atoms with Crippen LogP contribution in [0.2, 0.25) is 0 Å². The number of benzene rings is 2. The van der Waals surface area contributed by atoms with Crippen LogP contribution in [0.15, 0.2) is 53.1 Å². The lowest BCUT2D eigenvalue weighted by molar-refractivity contribution is -0.138. The summed E-state index contributed by atoms with van der Waals surface area (Å²) in [6.07, 6.45) is 2.50. The molecule has 128 valence electrons. The van der Waals surface area contributed by atoms with Crippen molar-refractivity contribution in [2.45, 2.75) is 25.7 Å². The summed E-state index contributed by atoms with van der Waals surface area (Å²) in [6.45, 7) is 2.06. The third kappa shape index (κ3) is 3.51. The fourth-order valence-corrected chi connectivity index (χ4v) is 3.36. The van der Waals surface area contributed by atoms with Gasteiger partial charge in [0, 0.05) is 33.6 Å². The number of halogens is 1. The number of nitrogens with one attached hydrogen (secondary N) is 1. The van der Waals surface area contributed by atoms with Crippen molar-refractivity contribution >= 4 is 38.6 Å². The Balaban J connectivity index is 1.96. The maximum atomic E-state index is 12.5. The summed E-state index contributed by atoms with van der Waals surface area (Å²) >= 11 is 3.33. The van der Waals surface area contributed by atoms with Gasteiger partial charge >= 0.3 is 5.97 Å². The topological polar surface area (TPSA) is 70.2 Å². The Bertz CT molecular complexity index is 928. The van der Waals surface area contributed by atoms with Crippen molar-refractivity contribution in [1.82, 2.24) is 4.98 Å². The second kappa shape index (κ2) is 7.23. The maximum absolute atomic E-state index is 12.5. The highest BCUT2D eigenvalue weighted by Crippen LogP contribution is 2.31. The number of carboxylic acids is 1. The molecular formula is C20H18BrNO3. The van der Waals surface area contributed by atoms with Crippen molar-refractivity contribution < 1.29 is 14.7 Å². The fraction of sp³-hybridized carbons (Fsp3) is 0.200. The van der Waals surface area contributed by atoms with Crippen LogP contribution in [0.5, 0.6) is 0 Å². The Labute approximate surface area is 154 Å². The molecule has 0 saturated carbocycles. The average Bonchev–Trinajstić information content (AvgIpc) is 3.03. The second-order valence-corrected chi connectivity index (χ2v) is 6.88. The highest BCUT2D eigenvalue weighted by Gasteiger charge is 2.26. The van der Waals surface area contributed by atoms with Crippen LogP contribution in [0.1, 0.15) is 40.7 Å². The van der Waals surface area contributed by atoms with Crippen LogP contribution in [-0.4, -0.2) is 21.8 Å². The van der Waals surface area contributed by atoms with E-state index >= 15 is 0 Å². The number of aromatic amines is 1. The summed E-state index contributed by atoms with van der Waals surface area (Å²) in [7, 11) is 0. The van der Waals surface area contributed by atoms with E-state index in [-0.39, 0.29) is 12.2 Å². The normalized spacial score (nSPS) is 12.2. The molecule has 25 heavy (non-hydrogen) atoms. The first-order valence-electron chi connectivity index (χ1n) is 8.11. The Morgan fingerprint density at radius 1 is 1.16 bits per heavy atom. The van der Waals surface area contributed by atoms with Crippen molar-refractivity contribution in [3.63, 3.8) is 0 Å². The van der Waals surface area contributed by atoms with Gasteiger partial charge in [-0.1, -0.05) is 53.2 Å². The van der Waals surface area contributed by atoms with E-state index in [1.807, 2.05) is 18.2 Å². The van der Waals surface area contributed by atoms with Crippen molar-refractivity contribution in [2.75, 3.05) is 0 Å². The summed E-state index contributed by atoms with van der Waals surface area (Å²) in [5.41, 5.74) is 3.25. The molecule has 0 aliphatic rings. The van der Waals surface area contributed by atoms with E-state index in [9.17, 15) is 14.7 Å². The molecule has 2 N–H and O–H groups in total. The number of fused-ring (bicyclic) bond motifs is 1. The quantitative estimate of drug-likeness (QED) is 0.577. The average molecular weight is 400 g/mol. The SMILES string of the molecule is CCc1cccc2c(C(CC(=O)c3ccc(Br)cc3)C(=O)O)c[nH]c12. The van der Waals surface area contributed by atoms with E-state index in [0.717, 1.165) is 27.4 Å². The van der Waals surface area contributed by atoms with Crippen LogP contribution in [0, 0.1) is 0 Å². The Morgan fingerprint density at radius 2 is 1.88 bits per heavy atom. The monoisotopic (exact) mass is 399 g/mol. The molecule has 0 aliphatic carbocycles. The number of H-pyrrole nitrogens is 1. The first-order chi connectivity index (χ1) is 12.0. The van der Waals surface area contributed by atoms with Gasteiger partial charge in [0.05, 0.1) is 5.92 Å². The van der Waals surface area contributed by atoms with E-state index in [2.05, 4.69) is 27.8 Å². The lowest BCUT2D eigenvalue weighted by Crippen LogP contribution is -2.16. The largest absolute Gasteiger partial charge is 0.481 e. The highest BCUT2D eigenvalue weighted by atomic mass is 79.9. The lowest BCUT2D eigenvalue weighted by Gasteiger charge is -2.11. The second-order valence-electron chi connectivity index (χ2n) is 5.96. The number of hydrogen-bond acceptors (Lipinski definition) is 2. The van der Waals surface area contributed by atoms with Crippen molar-refractivity contribution in [2.24, 2.45) is 0 Å². The number of aromatic nitrogens is 1. The van der Waals surface area contributed by atoms with Crippen LogP contribution < -0.4 is 0 Å². The van der Waals surface area contributed by atoms with E-state index in [0.29, 0.717) is 11.1 Å². The molecule has 1 heterocycles. The molecule has 0 aliphatic heterocycles. The molecule has 1 aromatic heterocycles. The third-order valence-corrected chi connectivity index (χ3v) is 4.97. The molecule has 0 saturated heterocycles. The first kappa shape index (κ1) is 17.4. The van der Waals surface area contributed by atoms with Crippen LogP contribution in [0.3, 0.4) is 0 Å². The number of Topliss-reactive ketones (excluding diaryl/α,β-unsaturated/α-hetero) is 1. The Morgan fingerprint density at radius 3 is 2.52 bits per heavy atom. The van der Waals surface area contributed by atoms with Crippen LogP contribution in [0.25, 0.3) is 10.9 Å². The number of para-hydroxylation sites is 1. The van der Waals surface area contributed by atoms with Gasteiger partial charge in [-0.25, -0.2) is 0 Å². The standard InChI is InChI=1S/C20H18BrNO3/c1-2-12-4-3-5-15-17(11-22-19(12)15)16(20(24)25)10-18(23)13-6-8-14(21)9-7-13/h3-9,11,16,22H,2,10H2,1H3,(H,24,25). The van der Waals surface area contributed by atoms with E-state index in [1.165, 1.54) is 0 Å². The van der Waals surface area contributed by atoms with Gasteiger partial charge in [0.1, 0.15) is 0 Å². The maximum Gasteiger partial charge on any atom is 0.311 e. The lowest BCUT2D eigenvalue weighted by atomic mass is 9.91. The Kier molecular flexibility index (Phi) is 5.04. The fourth-order valence-electron chi connectivity index (χ4n) is 3.09. The zero-order valence-corrected chi connectivity index (χ0v) is 15.3. The summed E-state index contributed by atoms with van der Waals surface area (Å²) in [6, 6.07) is 12.8. The van der Waals surface area contributed by atoms with Gasteiger partial charge in [0.15, 0.2) is 5.78 Å².